The molecule has 0 aromatic rings. The van der Waals surface area contributed by atoms with Crippen LogP contribution in [0.2, 0.25) is 0 Å². The number of hydrogen-bond donors (Lipinski definition) is 1. The predicted molar refractivity (Wildman–Crippen MR) is 70.2 cm³/mol. The van der Waals surface area contributed by atoms with Gasteiger partial charge in [-0.05, 0) is 63.2 Å². The molecule has 0 aromatic heterocycles. The zero-order valence-corrected chi connectivity index (χ0v) is 11.5. The van der Waals surface area contributed by atoms with Crippen LogP contribution in [0.4, 0.5) is 0 Å². The fourth-order valence-corrected chi connectivity index (χ4v) is 5.09. The molecule has 4 aliphatic rings. The van der Waals surface area contributed by atoms with Crippen molar-refractivity contribution >= 4 is 0 Å². The second-order valence-electron chi connectivity index (χ2n) is 7.34. The molecule has 0 aromatic carbocycles. The van der Waals surface area contributed by atoms with E-state index in [0.29, 0.717) is 5.92 Å². The van der Waals surface area contributed by atoms with E-state index in [1.54, 1.807) is 0 Å². The Morgan fingerprint density at radius 3 is 2.47 bits per heavy atom. The third kappa shape index (κ3) is 1.63. The van der Waals surface area contributed by atoms with Gasteiger partial charge in [-0.25, -0.2) is 0 Å². The SMILES string of the molecule is N#CC1(C2(O)CCCC(C3CC3)C2)CC2CCC1O2. The van der Waals surface area contributed by atoms with E-state index in [9.17, 15) is 10.4 Å². The standard InChI is InChI=1S/C16H23NO2/c17-10-15(9-13-5-6-14(15)19-13)16(18)7-1-2-12(8-16)11-3-4-11/h11-14,18H,1-9H2. The fraction of sp³-hybridized carbons (Fsp3) is 0.938. The van der Waals surface area contributed by atoms with Gasteiger partial charge in [-0.3, -0.25) is 0 Å². The molecule has 0 radical (unpaired) electrons. The van der Waals surface area contributed by atoms with E-state index in [1.165, 1.54) is 19.3 Å². The molecule has 2 aliphatic carbocycles. The quantitative estimate of drug-likeness (QED) is 0.831. The van der Waals surface area contributed by atoms with E-state index in [2.05, 4.69) is 6.07 Å². The van der Waals surface area contributed by atoms with E-state index in [4.69, 9.17) is 4.74 Å². The molecular formula is C16H23NO2. The molecule has 5 atom stereocenters. The maximum Gasteiger partial charge on any atom is 0.114 e. The van der Waals surface area contributed by atoms with E-state index < -0.39 is 11.0 Å². The van der Waals surface area contributed by atoms with Crippen molar-refractivity contribution in [2.24, 2.45) is 17.3 Å². The van der Waals surface area contributed by atoms with Gasteiger partial charge in [0.1, 0.15) is 5.41 Å². The predicted octanol–water partition coefficient (Wildman–Crippen LogP) is 2.78. The Morgan fingerprint density at radius 2 is 1.89 bits per heavy atom. The highest BCUT2D eigenvalue weighted by Gasteiger charge is 2.64. The Bertz CT molecular complexity index is 427. The summed E-state index contributed by atoms with van der Waals surface area (Å²) in [5, 5.41) is 21.1. The van der Waals surface area contributed by atoms with Crippen molar-refractivity contribution in [1.29, 1.82) is 5.26 Å². The molecule has 2 bridgehead atoms. The van der Waals surface area contributed by atoms with E-state index in [1.807, 2.05) is 0 Å². The minimum Gasteiger partial charge on any atom is -0.388 e. The van der Waals surface area contributed by atoms with Crippen LogP contribution in [-0.2, 0) is 4.74 Å². The van der Waals surface area contributed by atoms with Gasteiger partial charge in [0, 0.05) is 0 Å². The van der Waals surface area contributed by atoms with Crippen molar-refractivity contribution < 1.29 is 9.84 Å². The minimum absolute atomic E-state index is 0.00884. The van der Waals surface area contributed by atoms with Crippen molar-refractivity contribution in [1.82, 2.24) is 0 Å². The molecule has 19 heavy (non-hydrogen) atoms. The van der Waals surface area contributed by atoms with Crippen molar-refractivity contribution in [3.8, 4) is 6.07 Å². The fourth-order valence-electron chi connectivity index (χ4n) is 5.09. The minimum atomic E-state index is -0.785. The molecule has 1 N–H and O–H groups in total. The normalized spacial score (nSPS) is 53.2. The van der Waals surface area contributed by atoms with Crippen molar-refractivity contribution in [2.45, 2.75) is 75.6 Å². The first-order chi connectivity index (χ1) is 9.17. The second-order valence-corrected chi connectivity index (χ2v) is 7.34. The summed E-state index contributed by atoms with van der Waals surface area (Å²) < 4.78 is 5.93. The summed E-state index contributed by atoms with van der Waals surface area (Å²) in [6.07, 6.45) is 9.69. The average Bonchev–Trinajstić information content (AvgIpc) is 3.08. The Morgan fingerprint density at radius 1 is 1.05 bits per heavy atom. The maximum absolute atomic E-state index is 11.3. The van der Waals surface area contributed by atoms with Crippen LogP contribution >= 0.6 is 0 Å². The maximum atomic E-state index is 11.3. The molecule has 2 heterocycles. The van der Waals surface area contributed by atoms with Crippen LogP contribution in [0, 0.1) is 28.6 Å². The number of rotatable bonds is 2. The zero-order valence-electron chi connectivity index (χ0n) is 11.5. The highest BCUT2D eigenvalue weighted by Crippen LogP contribution is 2.59. The summed E-state index contributed by atoms with van der Waals surface area (Å²) in [7, 11) is 0. The van der Waals surface area contributed by atoms with Crippen LogP contribution in [0.1, 0.15) is 57.8 Å². The van der Waals surface area contributed by atoms with Crippen LogP contribution in [0.5, 0.6) is 0 Å². The largest absolute Gasteiger partial charge is 0.388 e. The molecule has 3 nitrogen and oxygen atoms in total. The molecule has 0 spiro atoms. The van der Waals surface area contributed by atoms with Crippen molar-refractivity contribution in [3.63, 3.8) is 0 Å². The molecule has 0 amide bonds. The monoisotopic (exact) mass is 261 g/mol. The molecular weight excluding hydrogens is 238 g/mol. The Hall–Kier alpha value is -0.590. The van der Waals surface area contributed by atoms with Gasteiger partial charge >= 0.3 is 0 Å². The zero-order chi connectivity index (χ0) is 13.1. The number of aliphatic hydroxyl groups is 1. The van der Waals surface area contributed by atoms with Gasteiger partial charge in [0.2, 0.25) is 0 Å². The van der Waals surface area contributed by atoms with Crippen molar-refractivity contribution in [3.05, 3.63) is 0 Å². The van der Waals surface area contributed by atoms with Gasteiger partial charge in [-0.2, -0.15) is 5.26 Å². The van der Waals surface area contributed by atoms with Crippen molar-refractivity contribution in [2.75, 3.05) is 0 Å². The highest BCUT2D eigenvalue weighted by atomic mass is 16.5. The number of nitriles is 1. The number of nitrogens with zero attached hydrogens (tertiary/aromatic N) is 1. The lowest BCUT2D eigenvalue weighted by atomic mass is 9.57. The van der Waals surface area contributed by atoms with Gasteiger partial charge in [-0.15, -0.1) is 0 Å². The molecule has 3 heteroatoms. The summed E-state index contributed by atoms with van der Waals surface area (Å²) in [4.78, 5) is 0. The molecule has 4 rings (SSSR count). The summed E-state index contributed by atoms with van der Waals surface area (Å²) in [5.41, 5.74) is -1.39. The summed E-state index contributed by atoms with van der Waals surface area (Å²) in [5.74, 6) is 1.49. The third-order valence-electron chi connectivity index (χ3n) is 6.29. The van der Waals surface area contributed by atoms with E-state index >= 15 is 0 Å². The van der Waals surface area contributed by atoms with Gasteiger partial charge in [0.05, 0.1) is 23.9 Å². The van der Waals surface area contributed by atoms with Gasteiger partial charge < -0.3 is 9.84 Å². The van der Waals surface area contributed by atoms with Gasteiger partial charge in [0.15, 0.2) is 0 Å². The lowest BCUT2D eigenvalue weighted by Crippen LogP contribution is -2.55. The first kappa shape index (κ1) is 12.2. The Labute approximate surface area is 114 Å². The van der Waals surface area contributed by atoms with Crippen LogP contribution in [0.25, 0.3) is 0 Å². The highest BCUT2D eigenvalue weighted by molar-refractivity contribution is 5.22. The van der Waals surface area contributed by atoms with Crippen LogP contribution in [-0.4, -0.2) is 22.9 Å². The number of hydrogen-bond acceptors (Lipinski definition) is 3. The van der Waals surface area contributed by atoms with E-state index in [-0.39, 0.29) is 12.2 Å². The van der Waals surface area contributed by atoms with Gasteiger partial charge in [-0.1, -0.05) is 6.42 Å². The number of ether oxygens (including phenoxy) is 1. The lowest BCUT2D eigenvalue weighted by molar-refractivity contribution is -0.120. The molecule has 2 saturated heterocycles. The first-order valence-corrected chi connectivity index (χ1v) is 7.96. The molecule has 4 fully saturated rings. The van der Waals surface area contributed by atoms with Crippen LogP contribution in [0.3, 0.4) is 0 Å². The first-order valence-electron chi connectivity index (χ1n) is 7.96. The number of fused-ring (bicyclic) bond motifs is 2. The van der Waals surface area contributed by atoms with E-state index in [0.717, 1.165) is 44.4 Å². The Balaban J connectivity index is 1.63. The summed E-state index contributed by atoms with van der Waals surface area (Å²) in [6, 6.07) is 2.52. The second kappa shape index (κ2) is 3.96. The van der Waals surface area contributed by atoms with Crippen LogP contribution < -0.4 is 0 Å². The molecule has 104 valence electrons. The average molecular weight is 261 g/mol. The summed E-state index contributed by atoms with van der Waals surface area (Å²) >= 11 is 0. The summed E-state index contributed by atoms with van der Waals surface area (Å²) in [6.45, 7) is 0. The lowest BCUT2D eigenvalue weighted by Gasteiger charge is -2.48. The molecule has 2 saturated carbocycles. The smallest absolute Gasteiger partial charge is 0.114 e. The van der Waals surface area contributed by atoms with Crippen LogP contribution in [0.15, 0.2) is 0 Å². The topological polar surface area (TPSA) is 53.2 Å². The molecule has 2 aliphatic heterocycles. The Kier molecular flexibility index (Phi) is 2.54. The van der Waals surface area contributed by atoms with Gasteiger partial charge in [0.25, 0.3) is 0 Å². The molecule has 5 unspecified atom stereocenters. The third-order valence-corrected chi connectivity index (χ3v) is 6.29.